The van der Waals surface area contributed by atoms with Gasteiger partial charge in [0.2, 0.25) is 17.7 Å². The van der Waals surface area contributed by atoms with Crippen LogP contribution in [-0.4, -0.2) is 35.2 Å². The van der Waals surface area contributed by atoms with Gasteiger partial charge in [0.1, 0.15) is 0 Å². The summed E-state index contributed by atoms with van der Waals surface area (Å²) in [5.41, 5.74) is 1.74. The van der Waals surface area contributed by atoms with E-state index in [1.807, 2.05) is 44.7 Å². The van der Waals surface area contributed by atoms with Crippen LogP contribution in [0, 0.1) is 18.3 Å². The Morgan fingerprint density at radius 3 is 2.33 bits per heavy atom. The van der Waals surface area contributed by atoms with Crippen LogP contribution in [0.2, 0.25) is 0 Å². The molecule has 1 aliphatic heterocycles. The van der Waals surface area contributed by atoms with Crippen LogP contribution in [-0.2, 0) is 14.4 Å². The van der Waals surface area contributed by atoms with E-state index >= 15 is 0 Å². The van der Waals surface area contributed by atoms with Crippen LogP contribution in [0.4, 0.5) is 11.4 Å². The van der Waals surface area contributed by atoms with Crippen molar-refractivity contribution < 1.29 is 14.4 Å². The van der Waals surface area contributed by atoms with Gasteiger partial charge in [0, 0.05) is 35.8 Å². The molecule has 164 valence electrons. The predicted molar refractivity (Wildman–Crippen MR) is 119 cm³/mol. The van der Waals surface area contributed by atoms with Gasteiger partial charge in [-0.15, -0.1) is 0 Å². The van der Waals surface area contributed by atoms with E-state index in [1.54, 1.807) is 6.07 Å². The second-order valence-corrected chi connectivity index (χ2v) is 9.82. The second kappa shape index (κ2) is 9.19. The van der Waals surface area contributed by atoms with Crippen LogP contribution in [0.3, 0.4) is 0 Å². The Morgan fingerprint density at radius 2 is 1.70 bits per heavy atom. The minimum atomic E-state index is -0.500. The fourth-order valence-electron chi connectivity index (χ4n) is 4.22. The monoisotopic (exact) mass is 413 g/mol. The maximum Gasteiger partial charge on any atom is 0.229 e. The summed E-state index contributed by atoms with van der Waals surface area (Å²) in [6, 6.07) is 5.79. The molecule has 1 aliphatic carbocycles. The van der Waals surface area contributed by atoms with Crippen molar-refractivity contribution in [3.05, 3.63) is 23.8 Å². The Bertz CT molecular complexity index is 804. The molecule has 3 amide bonds. The molecule has 0 aromatic heterocycles. The summed E-state index contributed by atoms with van der Waals surface area (Å²) in [6.45, 7) is 8.00. The van der Waals surface area contributed by atoms with Gasteiger partial charge in [0.25, 0.3) is 0 Å². The lowest BCUT2D eigenvalue weighted by Gasteiger charge is -2.27. The molecule has 2 fully saturated rings. The highest BCUT2D eigenvalue weighted by Gasteiger charge is 2.38. The van der Waals surface area contributed by atoms with E-state index in [4.69, 9.17) is 0 Å². The summed E-state index contributed by atoms with van der Waals surface area (Å²) in [4.78, 5) is 39.7. The lowest BCUT2D eigenvalue weighted by atomic mass is 9.95. The Labute approximate surface area is 179 Å². The number of anilines is 2. The van der Waals surface area contributed by atoms with Gasteiger partial charge >= 0.3 is 0 Å². The van der Waals surface area contributed by atoms with Crippen LogP contribution in [0.25, 0.3) is 0 Å². The molecule has 30 heavy (non-hydrogen) atoms. The van der Waals surface area contributed by atoms with E-state index in [-0.39, 0.29) is 36.1 Å². The minimum absolute atomic E-state index is 0.0796. The maximum absolute atomic E-state index is 12.9. The number of hydrogen-bond acceptors (Lipinski definition) is 3. The van der Waals surface area contributed by atoms with Crippen molar-refractivity contribution in [2.45, 2.75) is 78.7 Å². The predicted octanol–water partition coefficient (Wildman–Crippen LogP) is 4.49. The Hall–Kier alpha value is -2.37. The zero-order valence-corrected chi connectivity index (χ0v) is 18.7. The molecule has 1 aromatic rings. The first-order valence-electron chi connectivity index (χ1n) is 11.2. The molecule has 1 atom stereocenters. The van der Waals surface area contributed by atoms with Crippen molar-refractivity contribution in [3.63, 3.8) is 0 Å². The SMILES string of the molecule is Cc1ccc(NC(=O)C(C)(C)C)cc1NC(=O)C1CC(=O)N(C2CCCCCC2)C1. The Balaban J connectivity index is 1.65. The van der Waals surface area contributed by atoms with Gasteiger partial charge < -0.3 is 15.5 Å². The molecule has 3 rings (SSSR count). The minimum Gasteiger partial charge on any atom is -0.339 e. The van der Waals surface area contributed by atoms with Gasteiger partial charge in [-0.1, -0.05) is 52.5 Å². The molecule has 1 saturated heterocycles. The summed E-state index contributed by atoms with van der Waals surface area (Å²) < 4.78 is 0. The summed E-state index contributed by atoms with van der Waals surface area (Å²) in [5.74, 6) is -0.427. The average molecular weight is 414 g/mol. The zero-order chi connectivity index (χ0) is 21.9. The largest absolute Gasteiger partial charge is 0.339 e. The van der Waals surface area contributed by atoms with Crippen molar-refractivity contribution in [3.8, 4) is 0 Å². The van der Waals surface area contributed by atoms with Crippen molar-refractivity contribution >= 4 is 29.1 Å². The van der Waals surface area contributed by atoms with E-state index in [9.17, 15) is 14.4 Å². The molecule has 1 unspecified atom stereocenters. The van der Waals surface area contributed by atoms with E-state index in [2.05, 4.69) is 10.6 Å². The van der Waals surface area contributed by atoms with Gasteiger partial charge in [0.15, 0.2) is 0 Å². The third-order valence-corrected chi connectivity index (χ3v) is 6.23. The molecule has 1 saturated carbocycles. The number of aryl methyl sites for hydroxylation is 1. The summed E-state index contributed by atoms with van der Waals surface area (Å²) >= 11 is 0. The molecular formula is C24H35N3O3. The number of likely N-dealkylation sites (tertiary alicyclic amines) is 1. The highest BCUT2D eigenvalue weighted by Crippen LogP contribution is 2.29. The second-order valence-electron chi connectivity index (χ2n) is 9.82. The third kappa shape index (κ3) is 5.41. The number of carbonyl (C=O) groups is 3. The number of hydrogen-bond donors (Lipinski definition) is 2. The van der Waals surface area contributed by atoms with Gasteiger partial charge in [-0.3, -0.25) is 14.4 Å². The third-order valence-electron chi connectivity index (χ3n) is 6.23. The molecule has 1 aromatic carbocycles. The molecule has 2 N–H and O–H groups in total. The highest BCUT2D eigenvalue weighted by atomic mass is 16.2. The number of benzene rings is 1. The van der Waals surface area contributed by atoms with Gasteiger partial charge in [-0.2, -0.15) is 0 Å². The number of nitrogens with one attached hydrogen (secondary N) is 2. The lowest BCUT2D eigenvalue weighted by Crippen LogP contribution is -2.37. The highest BCUT2D eigenvalue weighted by molar-refractivity contribution is 5.99. The van der Waals surface area contributed by atoms with Crippen LogP contribution in [0.1, 0.15) is 71.3 Å². The van der Waals surface area contributed by atoms with Crippen LogP contribution in [0.15, 0.2) is 18.2 Å². The first kappa shape index (κ1) is 22.3. The zero-order valence-electron chi connectivity index (χ0n) is 18.7. The number of carbonyl (C=O) groups excluding carboxylic acids is 3. The quantitative estimate of drug-likeness (QED) is 0.714. The Kier molecular flexibility index (Phi) is 6.84. The molecule has 0 spiro atoms. The lowest BCUT2D eigenvalue weighted by molar-refractivity contribution is -0.130. The molecule has 6 heteroatoms. The molecule has 0 bridgehead atoms. The maximum atomic E-state index is 12.9. The standard InChI is InChI=1S/C24H35N3O3/c1-16-11-12-18(25-23(30)24(2,3)4)14-20(16)26-22(29)17-13-21(28)27(15-17)19-9-7-5-6-8-10-19/h11-12,14,17,19H,5-10,13,15H2,1-4H3,(H,25,30)(H,26,29). The molecule has 0 radical (unpaired) electrons. The average Bonchev–Trinajstić information content (AvgIpc) is 2.88. The normalized spacial score (nSPS) is 20.7. The van der Waals surface area contributed by atoms with Crippen LogP contribution in [0.5, 0.6) is 0 Å². The summed E-state index contributed by atoms with van der Waals surface area (Å²) in [5, 5.41) is 5.89. The van der Waals surface area contributed by atoms with Crippen molar-refractivity contribution in [1.82, 2.24) is 4.90 Å². The van der Waals surface area contributed by atoms with E-state index in [0.717, 1.165) is 31.2 Å². The molecular weight excluding hydrogens is 378 g/mol. The summed E-state index contributed by atoms with van der Waals surface area (Å²) in [7, 11) is 0. The van der Waals surface area contributed by atoms with Gasteiger partial charge in [0.05, 0.1) is 5.92 Å². The molecule has 2 aliphatic rings. The smallest absolute Gasteiger partial charge is 0.229 e. The topological polar surface area (TPSA) is 78.5 Å². The van der Waals surface area contributed by atoms with Crippen molar-refractivity contribution in [2.24, 2.45) is 11.3 Å². The van der Waals surface area contributed by atoms with Crippen molar-refractivity contribution in [1.29, 1.82) is 0 Å². The van der Waals surface area contributed by atoms with Crippen LogP contribution < -0.4 is 10.6 Å². The molecule has 1 heterocycles. The molecule has 6 nitrogen and oxygen atoms in total. The number of rotatable bonds is 4. The van der Waals surface area contributed by atoms with Gasteiger partial charge in [-0.05, 0) is 37.5 Å². The van der Waals surface area contributed by atoms with E-state index in [1.165, 1.54) is 12.8 Å². The first-order chi connectivity index (χ1) is 14.1. The Morgan fingerprint density at radius 1 is 1.03 bits per heavy atom. The van der Waals surface area contributed by atoms with Crippen LogP contribution >= 0.6 is 0 Å². The van der Waals surface area contributed by atoms with E-state index < -0.39 is 5.41 Å². The first-order valence-corrected chi connectivity index (χ1v) is 11.2. The number of nitrogens with zero attached hydrogens (tertiary/aromatic N) is 1. The fraction of sp³-hybridized carbons (Fsp3) is 0.625. The number of amides is 3. The van der Waals surface area contributed by atoms with Crippen molar-refractivity contribution in [2.75, 3.05) is 17.2 Å². The van der Waals surface area contributed by atoms with E-state index in [0.29, 0.717) is 17.9 Å². The fourth-order valence-corrected chi connectivity index (χ4v) is 4.22. The van der Waals surface area contributed by atoms with Gasteiger partial charge in [-0.25, -0.2) is 0 Å². The summed E-state index contributed by atoms with van der Waals surface area (Å²) in [6.07, 6.45) is 7.19.